The number of hydrogen-bond acceptors (Lipinski definition) is 2. The number of benzene rings is 1. The molecule has 108 valence electrons. The van der Waals surface area contributed by atoms with Crippen molar-refractivity contribution < 1.29 is 14.7 Å². The smallest absolute Gasteiger partial charge is 0.310 e. The van der Waals surface area contributed by atoms with Gasteiger partial charge >= 0.3 is 5.97 Å². The number of nitrogens with one attached hydrogen (secondary N) is 1. The summed E-state index contributed by atoms with van der Waals surface area (Å²) in [6, 6.07) is 7.66. The number of carboxylic acids is 1. The largest absolute Gasteiger partial charge is 0.481 e. The highest BCUT2D eigenvalue weighted by atomic mass is 16.4. The van der Waals surface area contributed by atoms with Crippen LogP contribution in [0.25, 0.3) is 0 Å². The lowest BCUT2D eigenvalue weighted by Gasteiger charge is -2.37. The number of carbonyl (C=O) groups excluding carboxylic acids is 1. The topological polar surface area (TPSA) is 66.4 Å². The lowest BCUT2D eigenvalue weighted by molar-refractivity contribution is -0.157. The fraction of sp³-hybridized carbons (Fsp3) is 0.500. The molecule has 2 rings (SSSR count). The summed E-state index contributed by atoms with van der Waals surface area (Å²) in [6.45, 7) is 4.13. The maximum Gasteiger partial charge on any atom is 0.310 e. The third-order valence-corrected chi connectivity index (χ3v) is 4.12. The van der Waals surface area contributed by atoms with E-state index in [4.69, 9.17) is 0 Å². The zero-order chi connectivity index (χ0) is 14.8. The minimum atomic E-state index is -0.851. The Hall–Kier alpha value is -1.84. The van der Waals surface area contributed by atoms with Crippen LogP contribution in [0.1, 0.15) is 51.0 Å². The second-order valence-electron chi connectivity index (χ2n) is 5.91. The number of rotatable bonds is 5. The van der Waals surface area contributed by atoms with Crippen molar-refractivity contribution in [1.29, 1.82) is 0 Å². The summed E-state index contributed by atoms with van der Waals surface area (Å²) in [5, 5.41) is 12.1. The van der Waals surface area contributed by atoms with E-state index in [-0.39, 0.29) is 12.3 Å². The standard InChI is InChI=1S/C16H21NO3/c1-11(2)12-6-3-4-7-13(12)17-14(18)10-16(15(19)20)8-5-9-16/h3-4,6-7,11H,5,8-10H2,1-2H3,(H,17,18)(H,19,20). The molecule has 2 N–H and O–H groups in total. The van der Waals surface area contributed by atoms with Gasteiger partial charge in [-0.25, -0.2) is 0 Å². The SMILES string of the molecule is CC(C)c1ccccc1NC(=O)CC1(C(=O)O)CCC1. The molecule has 1 saturated carbocycles. The summed E-state index contributed by atoms with van der Waals surface area (Å²) in [6.07, 6.45) is 2.15. The summed E-state index contributed by atoms with van der Waals surface area (Å²) in [5.41, 5.74) is 1.02. The monoisotopic (exact) mass is 275 g/mol. The van der Waals surface area contributed by atoms with E-state index in [1.807, 2.05) is 24.3 Å². The number of carboxylic acid groups (broad SMARTS) is 1. The van der Waals surface area contributed by atoms with Crippen LogP contribution in [-0.4, -0.2) is 17.0 Å². The number of para-hydroxylation sites is 1. The molecule has 0 radical (unpaired) electrons. The molecule has 1 aliphatic rings. The zero-order valence-corrected chi connectivity index (χ0v) is 12.0. The molecular formula is C16H21NO3. The summed E-state index contributed by atoms with van der Waals surface area (Å²) in [7, 11) is 0. The minimum Gasteiger partial charge on any atom is -0.481 e. The lowest BCUT2D eigenvalue weighted by Crippen LogP contribution is -2.41. The molecule has 0 bridgehead atoms. The molecule has 0 heterocycles. The Morgan fingerprint density at radius 3 is 2.45 bits per heavy atom. The Morgan fingerprint density at radius 1 is 1.30 bits per heavy atom. The van der Waals surface area contributed by atoms with E-state index in [1.54, 1.807) is 0 Å². The second kappa shape index (κ2) is 5.65. The van der Waals surface area contributed by atoms with Crippen molar-refractivity contribution in [2.75, 3.05) is 5.32 Å². The van der Waals surface area contributed by atoms with Crippen molar-refractivity contribution in [3.8, 4) is 0 Å². The van der Waals surface area contributed by atoms with E-state index in [2.05, 4.69) is 19.2 Å². The number of carbonyl (C=O) groups is 2. The number of hydrogen-bond donors (Lipinski definition) is 2. The molecule has 0 spiro atoms. The van der Waals surface area contributed by atoms with Crippen LogP contribution in [0.4, 0.5) is 5.69 Å². The van der Waals surface area contributed by atoms with E-state index in [9.17, 15) is 14.7 Å². The molecule has 1 aromatic rings. The molecule has 0 aliphatic heterocycles. The van der Waals surface area contributed by atoms with Gasteiger partial charge < -0.3 is 10.4 Å². The van der Waals surface area contributed by atoms with Crippen molar-refractivity contribution in [2.45, 2.75) is 45.4 Å². The van der Waals surface area contributed by atoms with Crippen LogP contribution in [0.15, 0.2) is 24.3 Å². The molecule has 1 fully saturated rings. The normalized spacial score (nSPS) is 16.6. The molecule has 4 heteroatoms. The number of amides is 1. The fourth-order valence-corrected chi connectivity index (χ4v) is 2.69. The average molecular weight is 275 g/mol. The summed E-state index contributed by atoms with van der Waals surface area (Å²) >= 11 is 0. The Balaban J connectivity index is 2.07. The van der Waals surface area contributed by atoms with Gasteiger partial charge in [0.15, 0.2) is 0 Å². The summed E-state index contributed by atoms with van der Waals surface area (Å²) < 4.78 is 0. The predicted octanol–water partition coefficient (Wildman–Crippen LogP) is 3.39. The van der Waals surface area contributed by atoms with Gasteiger partial charge in [-0.3, -0.25) is 9.59 Å². The predicted molar refractivity (Wildman–Crippen MR) is 77.7 cm³/mol. The van der Waals surface area contributed by atoms with Crippen molar-refractivity contribution >= 4 is 17.6 Å². The van der Waals surface area contributed by atoms with E-state index in [0.717, 1.165) is 17.7 Å². The molecular weight excluding hydrogens is 254 g/mol. The van der Waals surface area contributed by atoms with E-state index < -0.39 is 11.4 Å². The number of anilines is 1. The van der Waals surface area contributed by atoms with Crippen LogP contribution in [0.5, 0.6) is 0 Å². The van der Waals surface area contributed by atoms with Gasteiger partial charge in [0.1, 0.15) is 0 Å². The maximum atomic E-state index is 12.1. The van der Waals surface area contributed by atoms with Crippen molar-refractivity contribution in [1.82, 2.24) is 0 Å². The van der Waals surface area contributed by atoms with Crippen molar-refractivity contribution in [3.63, 3.8) is 0 Å². The first-order valence-corrected chi connectivity index (χ1v) is 7.07. The summed E-state index contributed by atoms with van der Waals surface area (Å²) in [5.74, 6) is -0.750. The van der Waals surface area contributed by atoms with Crippen LogP contribution in [-0.2, 0) is 9.59 Å². The molecule has 1 aromatic carbocycles. The van der Waals surface area contributed by atoms with Crippen molar-refractivity contribution in [2.24, 2.45) is 5.41 Å². The Morgan fingerprint density at radius 2 is 1.95 bits per heavy atom. The first-order chi connectivity index (χ1) is 9.44. The zero-order valence-electron chi connectivity index (χ0n) is 12.0. The van der Waals surface area contributed by atoms with Crippen LogP contribution >= 0.6 is 0 Å². The molecule has 0 aromatic heterocycles. The van der Waals surface area contributed by atoms with E-state index >= 15 is 0 Å². The van der Waals surface area contributed by atoms with E-state index in [1.165, 1.54) is 0 Å². The average Bonchev–Trinajstić information content (AvgIpc) is 2.33. The van der Waals surface area contributed by atoms with Crippen LogP contribution in [0.2, 0.25) is 0 Å². The minimum absolute atomic E-state index is 0.0642. The molecule has 1 amide bonds. The first kappa shape index (κ1) is 14.6. The van der Waals surface area contributed by atoms with Crippen LogP contribution in [0.3, 0.4) is 0 Å². The highest BCUT2D eigenvalue weighted by molar-refractivity contribution is 5.95. The van der Waals surface area contributed by atoms with Gasteiger partial charge in [0.25, 0.3) is 0 Å². The molecule has 20 heavy (non-hydrogen) atoms. The highest BCUT2D eigenvalue weighted by Gasteiger charge is 2.45. The Bertz CT molecular complexity index is 518. The third-order valence-electron chi connectivity index (χ3n) is 4.12. The fourth-order valence-electron chi connectivity index (χ4n) is 2.69. The van der Waals surface area contributed by atoms with Gasteiger partial charge in [0.05, 0.1) is 5.41 Å². The molecule has 4 nitrogen and oxygen atoms in total. The molecule has 0 atom stereocenters. The van der Waals surface area contributed by atoms with Gasteiger partial charge in [0, 0.05) is 12.1 Å². The molecule has 0 unspecified atom stereocenters. The second-order valence-corrected chi connectivity index (χ2v) is 5.91. The van der Waals surface area contributed by atoms with Gasteiger partial charge in [0.2, 0.25) is 5.91 Å². The first-order valence-electron chi connectivity index (χ1n) is 7.07. The number of aliphatic carboxylic acids is 1. The lowest BCUT2D eigenvalue weighted by atomic mass is 9.66. The van der Waals surface area contributed by atoms with Crippen LogP contribution in [0, 0.1) is 5.41 Å². The molecule has 0 saturated heterocycles. The highest BCUT2D eigenvalue weighted by Crippen LogP contribution is 2.44. The van der Waals surface area contributed by atoms with Gasteiger partial charge in [-0.05, 0) is 30.4 Å². The Kier molecular flexibility index (Phi) is 4.12. The van der Waals surface area contributed by atoms with Gasteiger partial charge in [-0.15, -0.1) is 0 Å². The quantitative estimate of drug-likeness (QED) is 0.865. The maximum absolute atomic E-state index is 12.1. The van der Waals surface area contributed by atoms with Crippen molar-refractivity contribution in [3.05, 3.63) is 29.8 Å². The summed E-state index contributed by atoms with van der Waals surface area (Å²) in [4.78, 5) is 23.4. The third kappa shape index (κ3) is 2.84. The van der Waals surface area contributed by atoms with Crippen LogP contribution < -0.4 is 5.32 Å². The van der Waals surface area contributed by atoms with Gasteiger partial charge in [-0.1, -0.05) is 38.5 Å². The van der Waals surface area contributed by atoms with E-state index in [0.29, 0.717) is 18.8 Å². The molecule has 1 aliphatic carbocycles. The Labute approximate surface area is 119 Å². The van der Waals surface area contributed by atoms with Gasteiger partial charge in [-0.2, -0.15) is 0 Å².